The van der Waals surface area contributed by atoms with Crippen molar-refractivity contribution in [3.05, 3.63) is 23.2 Å². The summed E-state index contributed by atoms with van der Waals surface area (Å²) in [5, 5.41) is 9.78. The Balaban J connectivity index is 2.32. The van der Waals surface area contributed by atoms with Gasteiger partial charge in [-0.1, -0.05) is 17.7 Å². The summed E-state index contributed by atoms with van der Waals surface area (Å²) in [6.07, 6.45) is 0.800. The molecule has 2 nitrogen and oxygen atoms in total. The summed E-state index contributed by atoms with van der Waals surface area (Å²) in [7, 11) is 2.05. The van der Waals surface area contributed by atoms with Crippen LogP contribution in [0.4, 0.5) is 5.69 Å². The number of hydrogen-bond acceptors (Lipinski definition) is 3. The Hall–Kier alpha value is -0.380. The van der Waals surface area contributed by atoms with Crippen LogP contribution in [-0.4, -0.2) is 30.6 Å². The van der Waals surface area contributed by atoms with Gasteiger partial charge in [0.1, 0.15) is 0 Å². The van der Waals surface area contributed by atoms with Crippen molar-refractivity contribution in [2.24, 2.45) is 0 Å². The molecule has 0 aliphatic carbocycles. The van der Waals surface area contributed by atoms with Crippen LogP contribution < -0.4 is 4.90 Å². The predicted molar refractivity (Wildman–Crippen MR) is 66.1 cm³/mol. The fourth-order valence-corrected chi connectivity index (χ4v) is 3.55. The van der Waals surface area contributed by atoms with Crippen molar-refractivity contribution in [1.82, 2.24) is 0 Å². The number of aliphatic hydroxyl groups is 1. The molecular formula is C11H14ClNOS. The summed E-state index contributed by atoms with van der Waals surface area (Å²) in [6.45, 7) is 0.232. The van der Waals surface area contributed by atoms with Crippen LogP contribution >= 0.6 is 23.4 Å². The SMILES string of the molecule is CN1c2c(Cl)cccc2SCC1CCO. The molecule has 1 aliphatic heterocycles. The Labute approximate surface area is 99.2 Å². The summed E-state index contributed by atoms with van der Waals surface area (Å²) >= 11 is 8.00. The lowest BCUT2D eigenvalue weighted by atomic mass is 10.2. The van der Waals surface area contributed by atoms with Gasteiger partial charge >= 0.3 is 0 Å². The maximum absolute atomic E-state index is 8.98. The smallest absolute Gasteiger partial charge is 0.0693 e. The first-order chi connectivity index (χ1) is 7.24. The van der Waals surface area contributed by atoms with Crippen molar-refractivity contribution in [3.8, 4) is 0 Å². The maximum atomic E-state index is 8.98. The topological polar surface area (TPSA) is 23.5 Å². The van der Waals surface area contributed by atoms with Crippen molar-refractivity contribution < 1.29 is 5.11 Å². The van der Waals surface area contributed by atoms with E-state index in [1.54, 1.807) is 0 Å². The number of benzene rings is 1. The Morgan fingerprint density at radius 3 is 3.13 bits per heavy atom. The molecule has 0 saturated carbocycles. The lowest BCUT2D eigenvalue weighted by Crippen LogP contribution is -2.37. The molecule has 4 heteroatoms. The third-order valence-corrected chi connectivity index (χ3v) is 4.24. The van der Waals surface area contributed by atoms with Gasteiger partial charge in [0.15, 0.2) is 0 Å². The average Bonchev–Trinajstić information content (AvgIpc) is 2.22. The minimum absolute atomic E-state index is 0.232. The first-order valence-corrected chi connectivity index (χ1v) is 6.35. The molecule has 1 aliphatic rings. The van der Waals surface area contributed by atoms with Crippen LogP contribution in [0, 0.1) is 0 Å². The van der Waals surface area contributed by atoms with Gasteiger partial charge in [-0.15, -0.1) is 11.8 Å². The second kappa shape index (κ2) is 4.64. The zero-order chi connectivity index (χ0) is 10.8. The first kappa shape index (κ1) is 11.1. The number of thioether (sulfide) groups is 1. The maximum Gasteiger partial charge on any atom is 0.0693 e. The van der Waals surface area contributed by atoms with Crippen LogP contribution in [-0.2, 0) is 0 Å². The van der Waals surface area contributed by atoms with E-state index in [1.165, 1.54) is 4.90 Å². The van der Waals surface area contributed by atoms with E-state index in [2.05, 4.69) is 11.0 Å². The Bertz CT molecular complexity index is 358. The minimum atomic E-state index is 0.232. The highest BCUT2D eigenvalue weighted by Gasteiger charge is 2.25. The zero-order valence-electron chi connectivity index (χ0n) is 8.61. The monoisotopic (exact) mass is 243 g/mol. The lowest BCUT2D eigenvalue weighted by molar-refractivity contribution is 0.278. The van der Waals surface area contributed by atoms with E-state index < -0.39 is 0 Å². The second-order valence-corrected chi connectivity index (χ2v) is 5.14. The largest absolute Gasteiger partial charge is 0.396 e. The molecule has 1 aromatic rings. The number of anilines is 1. The van der Waals surface area contributed by atoms with E-state index in [-0.39, 0.29) is 6.61 Å². The van der Waals surface area contributed by atoms with Gasteiger partial charge in [0.2, 0.25) is 0 Å². The standard InChI is InChI=1S/C11H14ClNOS/c1-13-8(5-6-14)7-15-10-4-2-3-9(12)11(10)13/h2-4,8,14H,5-7H2,1H3. The third-order valence-electron chi connectivity index (χ3n) is 2.74. The van der Waals surface area contributed by atoms with Crippen LogP contribution in [0.15, 0.2) is 23.1 Å². The van der Waals surface area contributed by atoms with Gasteiger partial charge in [0.05, 0.1) is 10.7 Å². The molecule has 82 valence electrons. The third kappa shape index (κ3) is 2.10. The van der Waals surface area contributed by atoms with Gasteiger partial charge in [-0.2, -0.15) is 0 Å². The van der Waals surface area contributed by atoms with Gasteiger partial charge in [-0.25, -0.2) is 0 Å². The zero-order valence-corrected chi connectivity index (χ0v) is 10.2. The van der Waals surface area contributed by atoms with Crippen LogP contribution in [0.1, 0.15) is 6.42 Å². The molecule has 0 saturated heterocycles. The van der Waals surface area contributed by atoms with Crippen molar-refractivity contribution >= 4 is 29.1 Å². The molecule has 1 aromatic carbocycles. The molecule has 0 spiro atoms. The predicted octanol–water partition coefficient (Wildman–Crippen LogP) is 2.63. The number of rotatable bonds is 2. The van der Waals surface area contributed by atoms with Gasteiger partial charge in [0.25, 0.3) is 0 Å². The summed E-state index contributed by atoms with van der Waals surface area (Å²) in [4.78, 5) is 3.42. The van der Waals surface area contributed by atoms with E-state index in [0.29, 0.717) is 6.04 Å². The summed E-state index contributed by atoms with van der Waals surface area (Å²) in [5.74, 6) is 1.02. The quantitative estimate of drug-likeness (QED) is 0.864. The van der Waals surface area contributed by atoms with Gasteiger partial charge in [0, 0.05) is 30.3 Å². The van der Waals surface area contributed by atoms with Crippen molar-refractivity contribution in [3.63, 3.8) is 0 Å². The molecule has 0 fully saturated rings. The molecule has 0 radical (unpaired) electrons. The van der Waals surface area contributed by atoms with Crippen LogP contribution in [0.5, 0.6) is 0 Å². The fourth-order valence-electron chi connectivity index (χ4n) is 1.86. The number of fused-ring (bicyclic) bond motifs is 1. The molecule has 0 amide bonds. The Kier molecular flexibility index (Phi) is 3.44. The van der Waals surface area contributed by atoms with E-state index >= 15 is 0 Å². The minimum Gasteiger partial charge on any atom is -0.396 e. The average molecular weight is 244 g/mol. The van der Waals surface area contributed by atoms with Crippen LogP contribution in [0.2, 0.25) is 5.02 Å². The number of halogens is 1. The molecular weight excluding hydrogens is 230 g/mol. The number of para-hydroxylation sites is 1. The summed E-state index contributed by atoms with van der Waals surface area (Å²) < 4.78 is 0. The van der Waals surface area contributed by atoms with E-state index in [4.69, 9.17) is 16.7 Å². The Morgan fingerprint density at radius 2 is 2.40 bits per heavy atom. The van der Waals surface area contributed by atoms with Crippen molar-refractivity contribution in [2.45, 2.75) is 17.4 Å². The molecule has 2 rings (SSSR count). The van der Waals surface area contributed by atoms with E-state index in [1.807, 2.05) is 30.9 Å². The highest BCUT2D eigenvalue weighted by atomic mass is 35.5. The number of hydrogen-bond donors (Lipinski definition) is 1. The van der Waals surface area contributed by atoms with Gasteiger partial charge < -0.3 is 10.0 Å². The summed E-state index contributed by atoms with van der Waals surface area (Å²) in [6, 6.07) is 6.37. The van der Waals surface area contributed by atoms with Crippen molar-refractivity contribution in [1.29, 1.82) is 0 Å². The highest BCUT2D eigenvalue weighted by molar-refractivity contribution is 7.99. The van der Waals surface area contributed by atoms with E-state index in [9.17, 15) is 0 Å². The lowest BCUT2D eigenvalue weighted by Gasteiger charge is -2.35. The van der Waals surface area contributed by atoms with Crippen LogP contribution in [0.25, 0.3) is 0 Å². The molecule has 1 atom stereocenters. The van der Waals surface area contributed by atoms with E-state index in [0.717, 1.165) is 22.9 Å². The molecule has 0 bridgehead atoms. The molecule has 1 N–H and O–H groups in total. The first-order valence-electron chi connectivity index (χ1n) is 4.99. The number of nitrogens with zero attached hydrogens (tertiary/aromatic N) is 1. The highest BCUT2D eigenvalue weighted by Crippen LogP contribution is 2.41. The Morgan fingerprint density at radius 1 is 1.60 bits per heavy atom. The molecule has 0 aromatic heterocycles. The number of aliphatic hydroxyl groups excluding tert-OH is 1. The molecule has 1 unspecified atom stereocenters. The van der Waals surface area contributed by atoms with Crippen LogP contribution in [0.3, 0.4) is 0 Å². The normalized spacial score (nSPS) is 20.2. The molecule has 1 heterocycles. The van der Waals surface area contributed by atoms with Gasteiger partial charge in [-0.3, -0.25) is 0 Å². The summed E-state index contributed by atoms with van der Waals surface area (Å²) in [5.41, 5.74) is 1.11. The van der Waals surface area contributed by atoms with Gasteiger partial charge in [-0.05, 0) is 18.6 Å². The van der Waals surface area contributed by atoms with Crippen molar-refractivity contribution in [2.75, 3.05) is 24.3 Å². The fraction of sp³-hybridized carbons (Fsp3) is 0.455. The second-order valence-electron chi connectivity index (χ2n) is 3.67. The molecule has 15 heavy (non-hydrogen) atoms.